The van der Waals surface area contributed by atoms with E-state index >= 15 is 0 Å². The number of carbonyl (C=O) groups excluding carboxylic acids is 2. The largest absolute Gasteiger partial charge is 0.458 e. The van der Waals surface area contributed by atoms with Crippen molar-refractivity contribution in [1.82, 2.24) is 4.90 Å². The maximum Gasteiger partial charge on any atom is 0.410 e. The van der Waals surface area contributed by atoms with Crippen molar-refractivity contribution in [2.75, 3.05) is 6.54 Å². The molecular weight excluding hydrogens is 376 g/mol. The molecule has 1 aliphatic heterocycles. The van der Waals surface area contributed by atoms with Crippen molar-refractivity contribution in [2.45, 2.75) is 31.6 Å². The van der Waals surface area contributed by atoms with Crippen LogP contribution in [0.3, 0.4) is 0 Å². The number of hydrogen-bond acceptors (Lipinski definition) is 6. The fraction of sp³-hybridized carbons (Fsp3) is 0.333. The van der Waals surface area contributed by atoms with E-state index in [1.807, 2.05) is 30.3 Å². The van der Waals surface area contributed by atoms with E-state index in [-0.39, 0.29) is 42.0 Å². The maximum atomic E-state index is 12.4. The average Bonchev–Trinajstić information content (AvgIpc) is 3.33. The van der Waals surface area contributed by atoms with Gasteiger partial charge in [0.05, 0.1) is 10.5 Å². The normalized spacial score (nSPS) is 22.3. The van der Waals surface area contributed by atoms with Crippen LogP contribution >= 0.6 is 0 Å². The van der Waals surface area contributed by atoms with Crippen LogP contribution in [-0.2, 0) is 16.1 Å². The first-order valence-electron chi connectivity index (χ1n) is 9.44. The van der Waals surface area contributed by atoms with Crippen molar-refractivity contribution in [3.8, 4) is 0 Å². The molecule has 0 radical (unpaired) electrons. The Morgan fingerprint density at radius 2 is 1.79 bits per heavy atom. The van der Waals surface area contributed by atoms with Gasteiger partial charge in [-0.1, -0.05) is 30.3 Å². The Morgan fingerprint density at radius 1 is 1.07 bits per heavy atom. The molecular formula is C21H20N2O6. The molecule has 29 heavy (non-hydrogen) atoms. The zero-order chi connectivity index (χ0) is 20.4. The summed E-state index contributed by atoms with van der Waals surface area (Å²) in [6.45, 7) is 0.725. The Balaban J connectivity index is 1.29. The molecule has 8 heteroatoms. The van der Waals surface area contributed by atoms with Gasteiger partial charge in [0, 0.05) is 37.1 Å². The van der Waals surface area contributed by atoms with Crippen LogP contribution in [0.15, 0.2) is 54.6 Å². The second-order valence-corrected chi connectivity index (χ2v) is 7.33. The van der Waals surface area contributed by atoms with Crippen LogP contribution < -0.4 is 0 Å². The van der Waals surface area contributed by atoms with E-state index in [0.29, 0.717) is 13.0 Å². The van der Waals surface area contributed by atoms with Gasteiger partial charge in [-0.2, -0.15) is 0 Å². The number of non-ortho nitro benzene ring substituents is 1. The summed E-state index contributed by atoms with van der Waals surface area (Å²) in [4.78, 5) is 36.6. The number of nitro benzene ring substituents is 1. The van der Waals surface area contributed by atoms with Gasteiger partial charge in [0.15, 0.2) is 0 Å². The summed E-state index contributed by atoms with van der Waals surface area (Å²) in [5.74, 6) is -0.429. The molecule has 1 heterocycles. The Kier molecular flexibility index (Phi) is 5.16. The number of amides is 1. The van der Waals surface area contributed by atoms with Crippen LogP contribution in [0.2, 0.25) is 0 Å². The highest BCUT2D eigenvalue weighted by atomic mass is 16.6. The Hall–Kier alpha value is -3.42. The molecule has 0 unspecified atom stereocenters. The zero-order valence-electron chi connectivity index (χ0n) is 15.6. The van der Waals surface area contributed by atoms with Crippen LogP contribution in [0.25, 0.3) is 0 Å². The predicted molar refractivity (Wildman–Crippen MR) is 102 cm³/mol. The van der Waals surface area contributed by atoms with Crippen molar-refractivity contribution in [3.63, 3.8) is 0 Å². The molecule has 2 bridgehead atoms. The lowest BCUT2D eigenvalue weighted by molar-refractivity contribution is -0.384. The number of hydrogen-bond donors (Lipinski definition) is 0. The van der Waals surface area contributed by atoms with E-state index in [4.69, 9.17) is 9.47 Å². The lowest BCUT2D eigenvalue weighted by atomic mass is 10.1. The minimum absolute atomic E-state index is 0.00191. The molecule has 2 aromatic rings. The van der Waals surface area contributed by atoms with Crippen molar-refractivity contribution in [1.29, 1.82) is 0 Å². The molecule has 3 atom stereocenters. The van der Waals surface area contributed by atoms with Crippen molar-refractivity contribution < 1.29 is 24.0 Å². The third-order valence-electron chi connectivity index (χ3n) is 5.49. The fourth-order valence-corrected chi connectivity index (χ4v) is 4.00. The summed E-state index contributed by atoms with van der Waals surface area (Å²) in [5.41, 5.74) is 1.13. The first-order valence-corrected chi connectivity index (χ1v) is 9.44. The Morgan fingerprint density at radius 3 is 2.41 bits per heavy atom. The lowest BCUT2D eigenvalue weighted by Gasteiger charge is -2.30. The molecule has 2 fully saturated rings. The van der Waals surface area contributed by atoms with Crippen molar-refractivity contribution in [2.24, 2.45) is 5.92 Å². The summed E-state index contributed by atoms with van der Waals surface area (Å²) in [6, 6.07) is 14.8. The van der Waals surface area contributed by atoms with Gasteiger partial charge in [0.1, 0.15) is 12.7 Å². The molecule has 8 nitrogen and oxygen atoms in total. The number of nitrogens with zero attached hydrogens (tertiary/aromatic N) is 2. The van der Waals surface area contributed by atoms with Gasteiger partial charge in [-0.25, -0.2) is 9.59 Å². The van der Waals surface area contributed by atoms with E-state index in [1.165, 1.54) is 24.3 Å². The maximum absolute atomic E-state index is 12.4. The van der Waals surface area contributed by atoms with Gasteiger partial charge in [-0.15, -0.1) is 0 Å². The zero-order valence-corrected chi connectivity index (χ0v) is 15.6. The highest BCUT2D eigenvalue weighted by Gasteiger charge is 2.48. The Bertz CT molecular complexity index is 915. The fourth-order valence-electron chi connectivity index (χ4n) is 4.00. The predicted octanol–water partition coefficient (Wildman–Crippen LogP) is 3.55. The van der Waals surface area contributed by atoms with Crippen LogP contribution in [-0.4, -0.2) is 40.6 Å². The smallest absolute Gasteiger partial charge is 0.410 e. The van der Waals surface area contributed by atoms with Gasteiger partial charge in [0.25, 0.3) is 5.69 Å². The second-order valence-electron chi connectivity index (χ2n) is 7.33. The Labute approximate surface area is 167 Å². The van der Waals surface area contributed by atoms with Gasteiger partial charge < -0.3 is 14.4 Å². The first kappa shape index (κ1) is 18.9. The summed E-state index contributed by atoms with van der Waals surface area (Å²) in [6.07, 6.45) is 0.741. The molecule has 0 N–H and O–H groups in total. The van der Waals surface area contributed by atoms with Crippen molar-refractivity contribution in [3.05, 3.63) is 75.8 Å². The summed E-state index contributed by atoms with van der Waals surface area (Å²) < 4.78 is 11.0. The number of carbonyl (C=O) groups is 2. The van der Waals surface area contributed by atoms with E-state index in [9.17, 15) is 19.7 Å². The third kappa shape index (κ3) is 4.06. The standard InChI is InChI=1S/C21H20N2O6/c24-20(15-6-8-17(9-7-15)23(26)27)29-19-11-18-10-16(19)12-22(18)21(25)28-13-14-4-2-1-3-5-14/h1-9,16,18-19H,10-13H2/t16-,18-,19-/m0/s1. The van der Waals surface area contributed by atoms with Gasteiger partial charge >= 0.3 is 12.1 Å². The molecule has 1 amide bonds. The molecule has 1 saturated heterocycles. The minimum Gasteiger partial charge on any atom is -0.458 e. The molecule has 0 spiro atoms. The van der Waals surface area contributed by atoms with Crippen LogP contribution in [0.4, 0.5) is 10.5 Å². The molecule has 150 valence electrons. The highest BCUT2D eigenvalue weighted by molar-refractivity contribution is 5.89. The molecule has 2 aliphatic rings. The average molecular weight is 396 g/mol. The van der Waals surface area contributed by atoms with Gasteiger partial charge in [0.2, 0.25) is 0 Å². The van der Waals surface area contributed by atoms with E-state index in [0.717, 1.165) is 12.0 Å². The van der Waals surface area contributed by atoms with Gasteiger partial charge in [-0.3, -0.25) is 10.1 Å². The van der Waals surface area contributed by atoms with E-state index in [2.05, 4.69) is 0 Å². The number of nitro groups is 1. The molecule has 2 aromatic carbocycles. The van der Waals surface area contributed by atoms with Gasteiger partial charge in [-0.05, 0) is 24.1 Å². The molecule has 4 rings (SSSR count). The minimum atomic E-state index is -0.517. The number of rotatable bonds is 5. The summed E-state index contributed by atoms with van der Waals surface area (Å²) in [7, 11) is 0. The topological polar surface area (TPSA) is 99.0 Å². The molecule has 0 aromatic heterocycles. The quantitative estimate of drug-likeness (QED) is 0.435. The second kappa shape index (κ2) is 7.90. The van der Waals surface area contributed by atoms with E-state index < -0.39 is 10.9 Å². The number of likely N-dealkylation sites (tertiary alicyclic amines) is 1. The SMILES string of the molecule is O=C(O[C@H]1C[C@@H]2C[C@H]1CN2C(=O)OCc1ccccc1)c1ccc([N+](=O)[O-])cc1. The van der Waals surface area contributed by atoms with E-state index in [1.54, 1.807) is 4.90 Å². The summed E-state index contributed by atoms with van der Waals surface area (Å²) >= 11 is 0. The summed E-state index contributed by atoms with van der Waals surface area (Å²) in [5, 5.41) is 10.7. The van der Waals surface area contributed by atoms with Crippen LogP contribution in [0.5, 0.6) is 0 Å². The van der Waals surface area contributed by atoms with Crippen molar-refractivity contribution >= 4 is 17.7 Å². The molecule has 1 saturated carbocycles. The number of esters is 1. The van der Waals surface area contributed by atoms with Crippen LogP contribution in [0.1, 0.15) is 28.8 Å². The molecule has 1 aliphatic carbocycles. The first-order chi connectivity index (χ1) is 14.0. The monoisotopic (exact) mass is 396 g/mol. The third-order valence-corrected chi connectivity index (χ3v) is 5.49. The lowest BCUT2D eigenvalue weighted by Crippen LogP contribution is -2.43. The number of fused-ring (bicyclic) bond motifs is 2. The number of benzene rings is 2. The van der Waals surface area contributed by atoms with Crippen LogP contribution in [0, 0.1) is 16.0 Å². The highest BCUT2D eigenvalue weighted by Crippen LogP contribution is 2.40. The number of piperidine rings is 1. The number of ether oxygens (including phenoxy) is 2.